The molecule has 3 nitrogen and oxygen atoms in total. The van der Waals surface area contributed by atoms with Crippen molar-refractivity contribution in [2.75, 3.05) is 19.6 Å². The molecule has 0 spiro atoms. The van der Waals surface area contributed by atoms with E-state index in [4.69, 9.17) is 0 Å². The predicted octanol–water partition coefficient (Wildman–Crippen LogP) is 1.88. The summed E-state index contributed by atoms with van der Waals surface area (Å²) < 4.78 is 0. The molecule has 0 bridgehead atoms. The van der Waals surface area contributed by atoms with Crippen LogP contribution in [0.1, 0.15) is 40.5 Å². The van der Waals surface area contributed by atoms with E-state index in [1.54, 1.807) is 0 Å². The summed E-state index contributed by atoms with van der Waals surface area (Å²) in [5, 5.41) is 3.42. The molecule has 1 rings (SSSR count). The van der Waals surface area contributed by atoms with Crippen LogP contribution in [0.2, 0.25) is 0 Å². The zero-order chi connectivity index (χ0) is 12.1. The van der Waals surface area contributed by atoms with Gasteiger partial charge in [-0.2, -0.15) is 0 Å². The largest absolute Gasteiger partial charge is 0.342 e. The van der Waals surface area contributed by atoms with Gasteiger partial charge in [-0.25, -0.2) is 0 Å². The molecule has 0 radical (unpaired) electrons. The lowest BCUT2D eigenvalue weighted by Crippen LogP contribution is -2.42. The van der Waals surface area contributed by atoms with E-state index in [0.717, 1.165) is 19.0 Å². The summed E-state index contributed by atoms with van der Waals surface area (Å²) in [6, 6.07) is 0.537. The van der Waals surface area contributed by atoms with E-state index in [9.17, 15) is 4.79 Å². The fraction of sp³-hybridized carbons (Fsp3) is 0.923. The lowest BCUT2D eigenvalue weighted by molar-refractivity contribution is -0.130. The number of rotatable bonds is 5. The number of nitrogens with zero attached hydrogens (tertiary/aromatic N) is 1. The first-order valence-electron chi connectivity index (χ1n) is 6.61. The second kappa shape index (κ2) is 6.24. The molecule has 3 atom stereocenters. The maximum atomic E-state index is 11.8. The van der Waals surface area contributed by atoms with Crippen molar-refractivity contribution in [1.82, 2.24) is 10.2 Å². The Morgan fingerprint density at radius 1 is 1.25 bits per heavy atom. The Morgan fingerprint density at radius 3 is 2.31 bits per heavy atom. The van der Waals surface area contributed by atoms with Gasteiger partial charge in [0.15, 0.2) is 0 Å². The van der Waals surface area contributed by atoms with E-state index in [1.165, 1.54) is 12.8 Å². The van der Waals surface area contributed by atoms with Crippen LogP contribution in [0.3, 0.4) is 0 Å². The molecule has 94 valence electrons. The van der Waals surface area contributed by atoms with Crippen molar-refractivity contribution in [1.29, 1.82) is 0 Å². The molecule has 1 aliphatic carbocycles. The van der Waals surface area contributed by atoms with Gasteiger partial charge in [0.05, 0.1) is 6.54 Å². The summed E-state index contributed by atoms with van der Waals surface area (Å²) in [5.74, 6) is 1.72. The van der Waals surface area contributed by atoms with Gasteiger partial charge in [0.25, 0.3) is 0 Å². The lowest BCUT2D eigenvalue weighted by atomic mass is 9.98. The molecule has 1 N–H and O–H groups in total. The smallest absolute Gasteiger partial charge is 0.236 e. The number of carbonyl (C=O) groups excluding carboxylic acids is 1. The Bertz CT molecular complexity index is 226. The van der Waals surface area contributed by atoms with Crippen molar-refractivity contribution in [3.05, 3.63) is 0 Å². The summed E-state index contributed by atoms with van der Waals surface area (Å²) >= 11 is 0. The molecule has 0 aromatic heterocycles. The van der Waals surface area contributed by atoms with Crippen LogP contribution in [-0.4, -0.2) is 36.5 Å². The van der Waals surface area contributed by atoms with Crippen LogP contribution in [0, 0.1) is 11.8 Å². The van der Waals surface area contributed by atoms with E-state index >= 15 is 0 Å². The molecule has 0 aromatic carbocycles. The fourth-order valence-corrected chi connectivity index (χ4v) is 2.56. The van der Waals surface area contributed by atoms with Gasteiger partial charge in [0.2, 0.25) is 5.91 Å². The minimum absolute atomic E-state index is 0.233. The number of carbonyl (C=O) groups is 1. The summed E-state index contributed by atoms with van der Waals surface area (Å²) in [6.07, 6.45) is 2.51. The third-order valence-electron chi connectivity index (χ3n) is 4.10. The lowest BCUT2D eigenvalue weighted by Gasteiger charge is -2.23. The first-order chi connectivity index (χ1) is 7.60. The molecule has 1 aliphatic rings. The highest BCUT2D eigenvalue weighted by atomic mass is 16.2. The van der Waals surface area contributed by atoms with Crippen molar-refractivity contribution in [3.8, 4) is 0 Å². The highest BCUT2D eigenvalue weighted by Crippen LogP contribution is 2.30. The standard InChI is InChI=1S/C13H26N2O/c1-5-15(6-2)13(16)9-14-12-8-7-10(3)11(12)4/h10-12,14H,5-9H2,1-4H3. The van der Waals surface area contributed by atoms with Crippen molar-refractivity contribution < 1.29 is 4.79 Å². The van der Waals surface area contributed by atoms with Crippen molar-refractivity contribution in [2.24, 2.45) is 11.8 Å². The average Bonchev–Trinajstić information content (AvgIpc) is 2.59. The molecular formula is C13H26N2O. The molecule has 1 amide bonds. The van der Waals surface area contributed by atoms with E-state index < -0.39 is 0 Å². The highest BCUT2D eigenvalue weighted by Gasteiger charge is 2.29. The molecule has 0 heterocycles. The molecule has 16 heavy (non-hydrogen) atoms. The van der Waals surface area contributed by atoms with Crippen LogP contribution in [0.15, 0.2) is 0 Å². The van der Waals surface area contributed by atoms with E-state index in [0.29, 0.717) is 18.5 Å². The zero-order valence-corrected chi connectivity index (χ0v) is 11.1. The zero-order valence-electron chi connectivity index (χ0n) is 11.1. The van der Waals surface area contributed by atoms with Gasteiger partial charge in [-0.3, -0.25) is 4.79 Å². The Labute approximate surface area is 99.6 Å². The first-order valence-corrected chi connectivity index (χ1v) is 6.61. The third-order valence-corrected chi connectivity index (χ3v) is 4.10. The molecule has 0 aromatic rings. The molecule has 3 unspecified atom stereocenters. The fourth-order valence-electron chi connectivity index (χ4n) is 2.56. The van der Waals surface area contributed by atoms with Gasteiger partial charge >= 0.3 is 0 Å². The van der Waals surface area contributed by atoms with E-state index in [-0.39, 0.29) is 5.91 Å². The van der Waals surface area contributed by atoms with E-state index in [2.05, 4.69) is 19.2 Å². The number of likely N-dealkylation sites (N-methyl/N-ethyl adjacent to an activating group) is 1. The van der Waals surface area contributed by atoms with Crippen LogP contribution >= 0.6 is 0 Å². The van der Waals surface area contributed by atoms with Gasteiger partial charge in [-0.05, 0) is 38.5 Å². The molecular weight excluding hydrogens is 200 g/mol. The molecule has 1 saturated carbocycles. The molecule has 0 saturated heterocycles. The predicted molar refractivity (Wildman–Crippen MR) is 67.3 cm³/mol. The Kier molecular flexibility index (Phi) is 5.26. The minimum Gasteiger partial charge on any atom is -0.342 e. The Morgan fingerprint density at radius 2 is 1.88 bits per heavy atom. The molecule has 0 aliphatic heterocycles. The second-order valence-corrected chi connectivity index (χ2v) is 4.97. The average molecular weight is 226 g/mol. The van der Waals surface area contributed by atoms with Crippen LogP contribution in [-0.2, 0) is 4.79 Å². The number of nitrogens with one attached hydrogen (secondary N) is 1. The third kappa shape index (κ3) is 3.21. The van der Waals surface area contributed by atoms with Gasteiger partial charge in [0.1, 0.15) is 0 Å². The summed E-state index contributed by atoms with van der Waals surface area (Å²) in [4.78, 5) is 13.7. The Hall–Kier alpha value is -0.570. The Balaban J connectivity index is 2.32. The SMILES string of the molecule is CCN(CC)C(=O)CNC1CCC(C)C1C. The minimum atomic E-state index is 0.233. The maximum Gasteiger partial charge on any atom is 0.236 e. The van der Waals surface area contributed by atoms with E-state index in [1.807, 2.05) is 18.7 Å². The quantitative estimate of drug-likeness (QED) is 0.776. The summed E-state index contributed by atoms with van der Waals surface area (Å²) in [6.45, 7) is 10.8. The normalized spacial score (nSPS) is 29.4. The van der Waals surface area contributed by atoms with Crippen molar-refractivity contribution in [2.45, 2.75) is 46.6 Å². The summed E-state index contributed by atoms with van der Waals surface area (Å²) in [5.41, 5.74) is 0. The number of hydrogen-bond donors (Lipinski definition) is 1. The van der Waals surface area contributed by atoms with Gasteiger partial charge in [0, 0.05) is 19.1 Å². The monoisotopic (exact) mass is 226 g/mol. The first kappa shape index (κ1) is 13.5. The van der Waals surface area contributed by atoms with Crippen molar-refractivity contribution >= 4 is 5.91 Å². The van der Waals surface area contributed by atoms with Gasteiger partial charge < -0.3 is 10.2 Å². The topological polar surface area (TPSA) is 32.3 Å². The highest BCUT2D eigenvalue weighted by molar-refractivity contribution is 5.78. The van der Waals surface area contributed by atoms with Crippen LogP contribution in [0.5, 0.6) is 0 Å². The van der Waals surface area contributed by atoms with Crippen LogP contribution < -0.4 is 5.32 Å². The number of hydrogen-bond acceptors (Lipinski definition) is 2. The van der Waals surface area contributed by atoms with Gasteiger partial charge in [-0.1, -0.05) is 13.8 Å². The van der Waals surface area contributed by atoms with Crippen LogP contribution in [0.4, 0.5) is 0 Å². The number of amides is 1. The van der Waals surface area contributed by atoms with Gasteiger partial charge in [-0.15, -0.1) is 0 Å². The molecule has 3 heteroatoms. The second-order valence-electron chi connectivity index (χ2n) is 4.97. The maximum absolute atomic E-state index is 11.8. The molecule has 1 fully saturated rings. The van der Waals surface area contributed by atoms with Crippen LogP contribution in [0.25, 0.3) is 0 Å². The van der Waals surface area contributed by atoms with Crippen molar-refractivity contribution in [3.63, 3.8) is 0 Å². The summed E-state index contributed by atoms with van der Waals surface area (Å²) in [7, 11) is 0.